The van der Waals surface area contributed by atoms with Crippen LogP contribution in [-0.4, -0.2) is 36.4 Å². The van der Waals surface area contributed by atoms with E-state index in [2.05, 4.69) is 0 Å². The molecule has 10 heteroatoms. The molecule has 0 radical (unpaired) electrons. The molecule has 0 aliphatic rings. The molecule has 0 N–H and O–H groups in total. The molecule has 72 valence electrons. The molecule has 0 aromatic carbocycles. The van der Waals surface area contributed by atoms with E-state index in [1.54, 1.807) is 0 Å². The van der Waals surface area contributed by atoms with E-state index in [9.17, 15) is 30.9 Å². The zero-order valence-corrected chi connectivity index (χ0v) is 10.3. The molecule has 0 aromatic rings. The summed E-state index contributed by atoms with van der Waals surface area (Å²) in [6, 6.07) is 0. The van der Waals surface area contributed by atoms with Crippen LogP contribution in [0.2, 0.25) is 0 Å². The molecule has 0 fully saturated rings. The fourth-order valence-electron chi connectivity index (χ4n) is 0.346. The summed E-state index contributed by atoms with van der Waals surface area (Å²) < 4.78 is 63.0. The Morgan fingerprint density at radius 1 is 1.38 bits per heavy atom. The van der Waals surface area contributed by atoms with Crippen LogP contribution in [0, 0.1) is 0 Å². The average molecular weight is 245 g/mol. The fourth-order valence-corrected chi connectivity index (χ4v) is 0.756. The SMILES string of the molecule is O=CN(CC(F)(F)F)S(=O)(=O)[O-].[K+]. The molecule has 0 aliphatic carbocycles. The van der Waals surface area contributed by atoms with E-state index in [1.807, 2.05) is 0 Å². The van der Waals surface area contributed by atoms with Gasteiger partial charge in [0.1, 0.15) is 6.54 Å². The van der Waals surface area contributed by atoms with Crippen molar-refractivity contribution < 1.29 is 82.3 Å². The van der Waals surface area contributed by atoms with Gasteiger partial charge in [-0.3, -0.25) is 4.79 Å². The van der Waals surface area contributed by atoms with Crippen molar-refractivity contribution in [2.24, 2.45) is 0 Å². The van der Waals surface area contributed by atoms with Crippen molar-refractivity contribution in [2.75, 3.05) is 6.54 Å². The summed E-state index contributed by atoms with van der Waals surface area (Å²) >= 11 is 0. The first-order chi connectivity index (χ1) is 5.17. The number of alkyl halides is 3. The first kappa shape index (κ1) is 16.2. The molecule has 0 bridgehead atoms. The van der Waals surface area contributed by atoms with Gasteiger partial charge in [-0.05, 0) is 0 Å². The smallest absolute Gasteiger partial charge is 0.731 e. The van der Waals surface area contributed by atoms with Crippen LogP contribution in [0.4, 0.5) is 13.2 Å². The predicted octanol–water partition coefficient (Wildman–Crippen LogP) is -3.53. The number of nitrogens with zero attached hydrogens (tertiary/aromatic N) is 1. The largest absolute Gasteiger partial charge is 1.00 e. The second-order valence-corrected chi connectivity index (χ2v) is 3.05. The minimum absolute atomic E-state index is 0. The van der Waals surface area contributed by atoms with E-state index in [4.69, 9.17) is 0 Å². The van der Waals surface area contributed by atoms with E-state index in [0.29, 0.717) is 0 Å². The molecule has 0 saturated heterocycles. The van der Waals surface area contributed by atoms with Crippen LogP contribution in [-0.2, 0) is 15.1 Å². The molecule has 0 unspecified atom stereocenters. The molecule has 5 nitrogen and oxygen atoms in total. The van der Waals surface area contributed by atoms with Gasteiger partial charge in [0.05, 0.1) is 0 Å². The van der Waals surface area contributed by atoms with Crippen molar-refractivity contribution in [3.63, 3.8) is 0 Å². The zero-order chi connectivity index (χ0) is 9.99. The van der Waals surface area contributed by atoms with Crippen LogP contribution >= 0.6 is 0 Å². The van der Waals surface area contributed by atoms with Gasteiger partial charge >= 0.3 is 57.6 Å². The summed E-state index contributed by atoms with van der Waals surface area (Å²) in [5.74, 6) is 0. The summed E-state index contributed by atoms with van der Waals surface area (Å²) in [5, 5.41) is 0. The van der Waals surface area contributed by atoms with Crippen LogP contribution in [0.5, 0.6) is 0 Å². The van der Waals surface area contributed by atoms with Crippen molar-refractivity contribution >= 4 is 16.7 Å². The van der Waals surface area contributed by atoms with Crippen molar-refractivity contribution in [3.8, 4) is 0 Å². The van der Waals surface area contributed by atoms with E-state index >= 15 is 0 Å². The summed E-state index contributed by atoms with van der Waals surface area (Å²) in [6.45, 7) is -2.09. The number of carbonyl (C=O) groups excluding carboxylic acids is 1. The van der Waals surface area contributed by atoms with Gasteiger partial charge in [-0.25, -0.2) is 12.7 Å². The van der Waals surface area contributed by atoms with Crippen LogP contribution in [0.1, 0.15) is 0 Å². The summed E-state index contributed by atoms with van der Waals surface area (Å²) in [6.07, 6.45) is -5.59. The Kier molecular flexibility index (Phi) is 7.03. The number of halogens is 3. The third-order valence-electron chi connectivity index (χ3n) is 0.740. The Balaban J connectivity index is 0. The monoisotopic (exact) mass is 245 g/mol. The van der Waals surface area contributed by atoms with Gasteiger partial charge in [-0.2, -0.15) is 13.2 Å². The van der Waals surface area contributed by atoms with E-state index in [-0.39, 0.29) is 51.4 Å². The maximum Gasteiger partial charge on any atom is 1.00 e. The molecule has 0 rings (SSSR count). The number of carbonyl (C=O) groups is 1. The summed E-state index contributed by atoms with van der Waals surface area (Å²) in [7, 11) is -5.35. The second kappa shape index (κ2) is 5.63. The average Bonchev–Trinajstić information content (AvgIpc) is 1.78. The normalized spacial score (nSPS) is 11.7. The van der Waals surface area contributed by atoms with Crippen molar-refractivity contribution in [3.05, 3.63) is 0 Å². The fraction of sp³-hybridized carbons (Fsp3) is 0.667. The van der Waals surface area contributed by atoms with Crippen molar-refractivity contribution in [1.82, 2.24) is 4.31 Å². The van der Waals surface area contributed by atoms with Crippen molar-refractivity contribution in [1.29, 1.82) is 0 Å². The Morgan fingerprint density at radius 2 is 1.77 bits per heavy atom. The standard InChI is InChI=1S/C3H4F3NO4S.K/c4-3(5,6)1-7(2-8)12(9,10)11;/h2H,1H2,(H,9,10,11);/q;+1/p-1. The Labute approximate surface area is 115 Å². The first-order valence-corrected chi connectivity index (χ1v) is 3.78. The summed E-state index contributed by atoms with van der Waals surface area (Å²) in [4.78, 5) is 9.68. The van der Waals surface area contributed by atoms with Crippen LogP contribution in [0.25, 0.3) is 0 Å². The van der Waals surface area contributed by atoms with Crippen LogP contribution < -0.4 is 51.4 Å². The number of hydrogen-bond donors (Lipinski definition) is 0. The van der Waals surface area contributed by atoms with E-state index < -0.39 is 33.7 Å². The molecule has 0 heterocycles. The van der Waals surface area contributed by atoms with Crippen LogP contribution in [0.3, 0.4) is 0 Å². The molecule has 0 atom stereocenters. The van der Waals surface area contributed by atoms with Gasteiger partial charge in [0, 0.05) is 0 Å². The molecule has 0 aliphatic heterocycles. The second-order valence-electron chi connectivity index (χ2n) is 1.72. The first-order valence-electron chi connectivity index (χ1n) is 2.41. The Hall–Kier alpha value is 0.806. The van der Waals surface area contributed by atoms with Gasteiger partial charge in [0.2, 0.25) is 6.41 Å². The molecule has 13 heavy (non-hydrogen) atoms. The molecule has 0 saturated carbocycles. The van der Waals surface area contributed by atoms with Gasteiger partial charge in [-0.15, -0.1) is 0 Å². The molecular formula is C3H3F3KNO4S. The van der Waals surface area contributed by atoms with Crippen molar-refractivity contribution in [2.45, 2.75) is 6.18 Å². The third-order valence-corrected chi connectivity index (χ3v) is 1.53. The Morgan fingerprint density at radius 3 is 1.85 bits per heavy atom. The van der Waals surface area contributed by atoms with Gasteiger partial charge < -0.3 is 4.55 Å². The molecule has 1 amide bonds. The minimum atomic E-state index is -5.35. The third kappa shape index (κ3) is 7.85. The number of amides is 1. The molecule has 0 aromatic heterocycles. The van der Waals surface area contributed by atoms with Gasteiger partial charge in [0.25, 0.3) is 0 Å². The van der Waals surface area contributed by atoms with E-state index in [1.165, 1.54) is 0 Å². The van der Waals surface area contributed by atoms with Gasteiger partial charge in [-0.1, -0.05) is 0 Å². The maximum absolute atomic E-state index is 11.4. The maximum atomic E-state index is 11.4. The zero-order valence-electron chi connectivity index (χ0n) is 6.41. The topological polar surface area (TPSA) is 77.5 Å². The quantitative estimate of drug-likeness (QED) is 0.293. The number of rotatable bonds is 3. The number of hydrogen-bond acceptors (Lipinski definition) is 4. The molecule has 0 spiro atoms. The minimum Gasteiger partial charge on any atom is -0.731 e. The van der Waals surface area contributed by atoms with E-state index in [0.717, 1.165) is 0 Å². The predicted molar refractivity (Wildman–Crippen MR) is 28.5 cm³/mol. The summed E-state index contributed by atoms with van der Waals surface area (Å²) in [5.41, 5.74) is 0. The van der Waals surface area contributed by atoms with Crippen LogP contribution in [0.15, 0.2) is 0 Å². The molecular weight excluding hydrogens is 242 g/mol. The van der Waals surface area contributed by atoms with Gasteiger partial charge in [0.15, 0.2) is 10.3 Å². The Bertz CT molecular complexity index is 262.